The third kappa shape index (κ3) is 10.5. The second-order valence-corrected chi connectivity index (χ2v) is 27.2. The molecule has 4 fully saturated rings. The molecular weight excluding hydrogens is 1280 g/mol. The Kier molecular flexibility index (Phi) is 18.8. The molecule has 4 saturated heterocycles. The second-order valence-electron chi connectivity index (χ2n) is 27.2. The van der Waals surface area contributed by atoms with Gasteiger partial charge in [-0.3, -0.25) is 28.8 Å². The minimum atomic E-state index is -2.67. The fourth-order valence-corrected chi connectivity index (χ4v) is 17.2. The van der Waals surface area contributed by atoms with E-state index in [4.69, 9.17) is 47.4 Å². The third-order valence-corrected chi connectivity index (χ3v) is 21.6. The average Bonchev–Trinajstić information content (AvgIpc) is 1.66. The number of nitrogens with zero attached hydrogens (tertiary/aromatic N) is 6. The summed E-state index contributed by atoms with van der Waals surface area (Å²) in [5.74, 6) is -11.6. The van der Waals surface area contributed by atoms with Crippen molar-refractivity contribution in [2.45, 2.75) is 202 Å². The van der Waals surface area contributed by atoms with Crippen LogP contribution < -0.4 is 32.4 Å². The van der Waals surface area contributed by atoms with Crippen molar-refractivity contribution < 1.29 is 107 Å². The standard InChI is InChI=1S/C68H80N6O24/c1-13-67(97-37-21-33(89-11)57(81)25(5)93-37)51(63(87)45-43-47(61(85)41-29(77)17-15-27(75)39(41)59(43)83)53(71-69)49(45)65(67)95-35-19-31(79)55(73(7)8)23(3)91-35)52-64(88)46-44-48(62(86)42-30(78)18-16-28(76)40(42)60(44)84)54(72-70)50(46)66(96-36-20-32(80)56(74(9)10)24(4)92-36)68(52,14-2)98-38-22-34(90-12)58(82)26(6)94-38/h15-18,23-26,31-38,51-52,55-58,65-66,79-86H,13-14,19-22H2,1-12H3/t23?,24?,25?,26?,31?,32?,33?,34?,35-,36?,37?,38?,51-,52-,55+,56?,57?,58?,65+,66+,67-,68-/m0/s1. The van der Waals surface area contributed by atoms with Crippen molar-refractivity contribution in [3.05, 3.63) is 109 Å². The first kappa shape index (κ1) is 70.6. The highest BCUT2D eigenvalue weighted by atomic mass is 16.7. The maximum absolute atomic E-state index is 17.9. The summed E-state index contributed by atoms with van der Waals surface area (Å²) in [6, 6.07) is 1.96. The molecule has 22 atom stereocenters. The smallest absolute Gasteiger partial charge is 0.333 e. The molecule has 14 unspecified atom stereocenters. The molecule has 98 heavy (non-hydrogen) atoms. The van der Waals surface area contributed by atoms with Gasteiger partial charge in [-0.05, 0) is 93.0 Å². The molecule has 0 aromatic heterocycles. The Hall–Kier alpha value is -7.26. The lowest BCUT2D eigenvalue weighted by molar-refractivity contribution is -0.352. The van der Waals surface area contributed by atoms with E-state index in [9.17, 15) is 71.1 Å². The molecule has 6 aliphatic rings. The minimum absolute atomic E-state index is 0.351. The van der Waals surface area contributed by atoms with Crippen molar-refractivity contribution in [3.63, 3.8) is 0 Å². The number of phenols is 4. The number of aromatic hydroxyl groups is 4. The molecule has 0 saturated carbocycles. The number of ether oxygens (including phenoxy) is 10. The van der Waals surface area contributed by atoms with Crippen LogP contribution in [0.15, 0.2) is 43.4 Å². The molecule has 526 valence electrons. The Bertz CT molecular complexity index is 4300. The van der Waals surface area contributed by atoms with E-state index in [1.54, 1.807) is 51.8 Å². The second kappa shape index (κ2) is 26.0. The quantitative estimate of drug-likeness (QED) is 0.0407. The van der Waals surface area contributed by atoms with Gasteiger partial charge in [0.05, 0.1) is 105 Å². The van der Waals surface area contributed by atoms with Crippen LogP contribution in [0.5, 0.6) is 23.0 Å². The summed E-state index contributed by atoms with van der Waals surface area (Å²) in [7, 11) is 9.47. The number of likely N-dealkylation sites (N-methyl/N-ethyl adjacent to an activating group) is 2. The van der Waals surface area contributed by atoms with Gasteiger partial charge in [-0.1, -0.05) is 13.8 Å². The fourth-order valence-electron chi connectivity index (χ4n) is 17.2. The molecule has 0 bridgehead atoms. The predicted molar refractivity (Wildman–Crippen MR) is 341 cm³/mol. The third-order valence-electron chi connectivity index (χ3n) is 21.6. The number of aliphatic hydroxyl groups is 4. The predicted octanol–water partition coefficient (Wildman–Crippen LogP) is 1.22. The summed E-state index contributed by atoms with van der Waals surface area (Å²) in [6.07, 6.45) is -24.5. The van der Waals surface area contributed by atoms with E-state index >= 15 is 9.59 Å². The van der Waals surface area contributed by atoms with E-state index in [2.05, 4.69) is 9.58 Å². The van der Waals surface area contributed by atoms with Crippen molar-refractivity contribution in [2.24, 2.45) is 11.8 Å². The Morgan fingerprint density at radius 1 is 0.480 bits per heavy atom. The lowest BCUT2D eigenvalue weighted by atomic mass is 9.55. The molecule has 2 aliphatic carbocycles. The molecule has 6 aromatic carbocycles. The number of Topliss-reactive ketones (excluding diaryl/α,β-unsaturated/α-hetero) is 2. The van der Waals surface area contributed by atoms with Crippen molar-refractivity contribution in [1.29, 1.82) is 0 Å². The summed E-state index contributed by atoms with van der Waals surface area (Å²) in [5, 5.41) is 90.9. The van der Waals surface area contributed by atoms with E-state index in [1.165, 1.54) is 41.9 Å². The Labute approximate surface area is 558 Å². The molecule has 0 amide bonds. The average molecular weight is 1370 g/mol. The zero-order chi connectivity index (χ0) is 71.1. The highest BCUT2D eigenvalue weighted by molar-refractivity contribution is 6.25. The maximum Gasteiger partial charge on any atom is 0.333 e. The number of rotatable bonds is 15. The van der Waals surface area contributed by atoms with E-state index < -0.39 is 279 Å². The first-order valence-corrected chi connectivity index (χ1v) is 32.6. The van der Waals surface area contributed by atoms with Gasteiger partial charge < -0.3 is 109 Å². The van der Waals surface area contributed by atoms with Crippen LogP contribution in [-0.4, -0.2) is 224 Å². The number of benzene rings is 4. The summed E-state index contributed by atoms with van der Waals surface area (Å²) < 4.78 is 67.5. The minimum Gasteiger partial charge on any atom is -0.506 e. The van der Waals surface area contributed by atoms with Gasteiger partial charge >= 0.3 is 10.7 Å². The highest BCUT2D eigenvalue weighted by Crippen LogP contribution is 2.63. The molecule has 8 N–H and O–H groups in total. The van der Waals surface area contributed by atoms with E-state index in [0.29, 0.717) is 0 Å². The summed E-state index contributed by atoms with van der Waals surface area (Å²) >= 11 is 0. The van der Waals surface area contributed by atoms with Gasteiger partial charge in [-0.25, -0.2) is 0 Å². The van der Waals surface area contributed by atoms with Gasteiger partial charge in [0.15, 0.2) is 58.4 Å². The van der Waals surface area contributed by atoms with Crippen molar-refractivity contribution >= 4 is 54.7 Å². The molecule has 0 radical (unpaired) electrons. The monoisotopic (exact) mass is 1360 g/mol. The molecule has 6 aromatic rings. The Balaban J connectivity index is 1.27. The van der Waals surface area contributed by atoms with Crippen LogP contribution in [0.4, 0.5) is 0 Å². The lowest BCUT2D eigenvalue weighted by Crippen LogP contribution is -2.68. The Morgan fingerprint density at radius 2 is 0.786 bits per heavy atom. The molecule has 0 spiro atoms. The number of phenolic OH excluding ortho intramolecular Hbond substituents is 4. The van der Waals surface area contributed by atoms with Crippen molar-refractivity contribution in [2.75, 3.05) is 42.4 Å². The maximum atomic E-state index is 17.9. The van der Waals surface area contributed by atoms with Crippen LogP contribution in [0.1, 0.15) is 124 Å². The number of ketones is 2. The molecular formula is C68H80N6O24. The summed E-state index contributed by atoms with van der Waals surface area (Å²) in [6.45, 7) is 9.33. The van der Waals surface area contributed by atoms with Crippen LogP contribution in [0.2, 0.25) is 0 Å². The van der Waals surface area contributed by atoms with Gasteiger partial charge in [-0.2, -0.15) is 9.58 Å². The number of hydrogen-bond donors (Lipinski definition) is 8. The SMILES string of the molecule is CC[C@@]1(OC2CC(OC)C(O)C(C)O2)[C@H](OC2CC(O)C(N(C)C)C(C)O2)c2c(c3c(O)c4c(=O)ccc(=O)c4c(O)c3c2=[N+]=[N-])C(=O)[C@@H]1[C@H]1C(=O)c2c(c(=[N+]=[N-])c3c(O)c4c(=O)ccc(=O)c4c(O)c23)[C@@H](O[C@H]2CC(O)[C@H](N(C)C)C(C)O2)[C@@]1(CC)OC1CC(OC)C(O)C(C)O1. The van der Waals surface area contributed by atoms with Gasteiger partial charge in [-0.15, -0.1) is 0 Å². The van der Waals surface area contributed by atoms with Gasteiger partial charge in [0.1, 0.15) is 69.4 Å². The van der Waals surface area contributed by atoms with Crippen LogP contribution in [0.25, 0.3) is 54.2 Å². The summed E-state index contributed by atoms with van der Waals surface area (Å²) in [5.41, 5.74) is 11.4. The number of methoxy groups -OCH3 is 2. The van der Waals surface area contributed by atoms with E-state index in [-0.39, 0.29) is 25.7 Å². The van der Waals surface area contributed by atoms with Crippen LogP contribution >= 0.6 is 0 Å². The van der Waals surface area contributed by atoms with Crippen LogP contribution in [-0.2, 0) is 47.4 Å². The normalized spacial score (nSPS) is 35.4. The first-order chi connectivity index (χ1) is 46.4. The van der Waals surface area contributed by atoms with Gasteiger partial charge in [0.2, 0.25) is 0 Å². The fraction of sp³-hybridized carbons (Fsp3) is 0.588. The number of hydrogen-bond acceptors (Lipinski definition) is 26. The molecule has 30 nitrogen and oxygen atoms in total. The topological polar surface area (TPSA) is 436 Å². The molecule has 4 heterocycles. The summed E-state index contributed by atoms with van der Waals surface area (Å²) in [4.78, 5) is 103. The van der Waals surface area contributed by atoms with Gasteiger partial charge in [0.25, 0.3) is 0 Å². The first-order valence-electron chi connectivity index (χ1n) is 32.6. The number of carbonyl (C=O) groups is 2. The molecule has 4 aliphatic heterocycles. The van der Waals surface area contributed by atoms with Crippen LogP contribution in [0.3, 0.4) is 0 Å². The zero-order valence-electron chi connectivity index (χ0n) is 55.9. The highest BCUT2D eigenvalue weighted by Gasteiger charge is 2.71. The van der Waals surface area contributed by atoms with Crippen molar-refractivity contribution in [1.82, 2.24) is 9.80 Å². The molecule has 12 rings (SSSR count). The zero-order valence-corrected chi connectivity index (χ0v) is 55.9. The van der Waals surface area contributed by atoms with Crippen molar-refractivity contribution in [3.8, 4) is 23.0 Å². The van der Waals surface area contributed by atoms with Gasteiger partial charge in [0, 0.05) is 61.8 Å². The number of fused-ring (bicyclic) bond motifs is 8. The molecule has 30 heteroatoms. The number of carbonyl (C=O) groups excluding carboxylic acids is 2. The van der Waals surface area contributed by atoms with Crippen LogP contribution in [0, 0.1) is 11.8 Å². The number of aliphatic hydroxyl groups excluding tert-OH is 4. The lowest BCUT2D eigenvalue weighted by Gasteiger charge is -2.58. The van der Waals surface area contributed by atoms with E-state index in [0.717, 1.165) is 24.3 Å². The Morgan fingerprint density at radius 3 is 1.06 bits per heavy atom. The largest absolute Gasteiger partial charge is 0.506 e. The van der Waals surface area contributed by atoms with E-state index in [1.807, 2.05) is 0 Å².